The molecular weight excluding hydrogens is 372 g/mol. The third-order valence-electron chi connectivity index (χ3n) is 3.38. The molecule has 1 saturated heterocycles. The number of thioether (sulfide) groups is 1. The van der Waals surface area contributed by atoms with Crippen molar-refractivity contribution >= 4 is 37.7 Å². The van der Waals surface area contributed by atoms with Crippen molar-refractivity contribution in [3.05, 3.63) is 28.2 Å². The maximum absolute atomic E-state index is 12.9. The Hall–Kier alpha value is -0.0800. The minimum Gasteiger partial charge on any atom is -0.316 e. The van der Waals surface area contributed by atoms with E-state index in [0.717, 1.165) is 5.56 Å². The molecule has 0 saturated carbocycles. The fourth-order valence-electron chi connectivity index (χ4n) is 2.53. The van der Waals surface area contributed by atoms with Crippen molar-refractivity contribution in [2.45, 2.75) is 35.8 Å². The predicted octanol–water partition coefficient (Wildman–Crippen LogP) is 2.68. The Morgan fingerprint density at radius 2 is 1.95 bits per heavy atom. The molecule has 1 heterocycles. The van der Waals surface area contributed by atoms with E-state index in [0.29, 0.717) is 39.5 Å². The highest BCUT2D eigenvalue weighted by Crippen LogP contribution is 2.32. The Morgan fingerprint density at radius 1 is 1.33 bits per heavy atom. The van der Waals surface area contributed by atoms with Crippen LogP contribution in [0.4, 0.5) is 0 Å². The minimum absolute atomic E-state index is 0.322. The van der Waals surface area contributed by atoms with Gasteiger partial charge in [-0.05, 0) is 40.7 Å². The van der Waals surface area contributed by atoms with E-state index in [9.17, 15) is 8.42 Å². The molecule has 1 aliphatic heterocycles. The Bertz CT molecular complexity index is 597. The molecule has 1 N–H and O–H groups in total. The number of halogens is 1. The lowest BCUT2D eigenvalue weighted by Gasteiger charge is -2.33. The van der Waals surface area contributed by atoms with Gasteiger partial charge in [-0.2, -0.15) is 16.1 Å². The molecule has 0 spiro atoms. The molecule has 1 aliphatic rings. The van der Waals surface area contributed by atoms with Gasteiger partial charge in [0.05, 0.1) is 4.90 Å². The van der Waals surface area contributed by atoms with Gasteiger partial charge in [-0.3, -0.25) is 0 Å². The number of nitrogens with one attached hydrogen (secondary N) is 1. The zero-order valence-corrected chi connectivity index (χ0v) is 15.7. The van der Waals surface area contributed by atoms with Crippen LogP contribution >= 0.6 is 27.7 Å². The van der Waals surface area contributed by atoms with Crippen molar-refractivity contribution in [3.63, 3.8) is 0 Å². The third kappa shape index (κ3) is 4.01. The molecule has 0 amide bonds. The summed E-state index contributed by atoms with van der Waals surface area (Å²) in [6.07, 6.45) is 0. The summed E-state index contributed by atoms with van der Waals surface area (Å²) in [6.45, 7) is 5.95. The van der Waals surface area contributed by atoms with E-state index < -0.39 is 10.0 Å². The predicted molar refractivity (Wildman–Crippen MR) is 92.2 cm³/mol. The van der Waals surface area contributed by atoms with Gasteiger partial charge < -0.3 is 5.32 Å². The second-order valence-electron chi connectivity index (χ2n) is 5.37. The number of nitrogens with zero attached hydrogens (tertiary/aromatic N) is 1. The summed E-state index contributed by atoms with van der Waals surface area (Å²) >= 11 is 5.23. The van der Waals surface area contributed by atoms with Crippen LogP contribution in [0.15, 0.2) is 27.6 Å². The topological polar surface area (TPSA) is 49.4 Å². The summed E-state index contributed by atoms with van der Waals surface area (Å²) in [7, 11) is -1.61. The number of rotatable bonds is 4. The largest absolute Gasteiger partial charge is 0.316 e. The Balaban J connectivity index is 2.36. The van der Waals surface area contributed by atoms with Gasteiger partial charge in [0.25, 0.3) is 0 Å². The van der Waals surface area contributed by atoms with Gasteiger partial charge in [-0.25, -0.2) is 8.42 Å². The second kappa shape index (κ2) is 7.00. The molecule has 0 radical (unpaired) electrons. The summed E-state index contributed by atoms with van der Waals surface area (Å²) in [5.74, 6) is 0. The van der Waals surface area contributed by atoms with Crippen molar-refractivity contribution in [2.24, 2.45) is 0 Å². The SMILES string of the molecule is CNCc1ccc(Br)c(S(=O)(=O)N2CC(C)SC(C)C2)c1. The van der Waals surface area contributed by atoms with Crippen molar-refractivity contribution in [1.82, 2.24) is 9.62 Å². The van der Waals surface area contributed by atoms with Crippen LogP contribution in [-0.2, 0) is 16.6 Å². The van der Waals surface area contributed by atoms with Gasteiger partial charge in [0.15, 0.2) is 0 Å². The van der Waals surface area contributed by atoms with Crippen LogP contribution in [0, 0.1) is 0 Å². The summed E-state index contributed by atoms with van der Waals surface area (Å²) in [5.41, 5.74) is 0.965. The number of hydrogen-bond acceptors (Lipinski definition) is 4. The van der Waals surface area contributed by atoms with E-state index in [1.165, 1.54) is 0 Å². The van der Waals surface area contributed by atoms with E-state index >= 15 is 0 Å². The maximum Gasteiger partial charge on any atom is 0.244 e. The molecule has 1 aromatic rings. The van der Waals surface area contributed by atoms with Crippen LogP contribution in [0.1, 0.15) is 19.4 Å². The van der Waals surface area contributed by atoms with Crippen LogP contribution in [0.3, 0.4) is 0 Å². The molecule has 21 heavy (non-hydrogen) atoms. The molecular formula is C14H21BrN2O2S2. The zero-order valence-electron chi connectivity index (χ0n) is 12.5. The Labute approximate surface area is 139 Å². The molecule has 2 atom stereocenters. The third-order valence-corrected chi connectivity index (χ3v) is 7.43. The highest BCUT2D eigenvalue weighted by atomic mass is 79.9. The number of benzene rings is 1. The Kier molecular flexibility index (Phi) is 5.76. The van der Waals surface area contributed by atoms with Crippen LogP contribution in [0.5, 0.6) is 0 Å². The summed E-state index contributed by atoms with van der Waals surface area (Å²) < 4.78 is 28.1. The fourth-order valence-corrected chi connectivity index (χ4v) is 6.63. The molecule has 1 fully saturated rings. The molecule has 0 aromatic heterocycles. The van der Waals surface area contributed by atoms with Crippen LogP contribution < -0.4 is 5.32 Å². The average Bonchev–Trinajstić information content (AvgIpc) is 2.40. The van der Waals surface area contributed by atoms with E-state index in [1.807, 2.05) is 30.9 Å². The molecule has 1 aromatic carbocycles. The molecule has 0 bridgehead atoms. The van der Waals surface area contributed by atoms with E-state index in [4.69, 9.17) is 0 Å². The first kappa shape index (κ1) is 17.3. The van der Waals surface area contributed by atoms with Gasteiger partial charge in [-0.1, -0.05) is 19.9 Å². The first-order valence-corrected chi connectivity index (χ1v) is 10.1. The first-order chi connectivity index (χ1) is 9.84. The van der Waals surface area contributed by atoms with E-state index in [2.05, 4.69) is 35.1 Å². The first-order valence-electron chi connectivity index (χ1n) is 6.93. The lowest BCUT2D eigenvalue weighted by Crippen LogP contribution is -2.44. The number of hydrogen-bond donors (Lipinski definition) is 1. The van der Waals surface area contributed by atoms with Crippen LogP contribution in [-0.4, -0.2) is 43.4 Å². The van der Waals surface area contributed by atoms with Crippen LogP contribution in [0.2, 0.25) is 0 Å². The fraction of sp³-hybridized carbons (Fsp3) is 0.571. The lowest BCUT2D eigenvalue weighted by atomic mass is 10.2. The van der Waals surface area contributed by atoms with Gasteiger partial charge in [0, 0.05) is 34.6 Å². The van der Waals surface area contributed by atoms with Gasteiger partial charge in [0.1, 0.15) is 0 Å². The minimum atomic E-state index is -3.45. The molecule has 7 heteroatoms. The van der Waals surface area contributed by atoms with Crippen molar-refractivity contribution in [3.8, 4) is 0 Å². The van der Waals surface area contributed by atoms with E-state index in [-0.39, 0.29) is 0 Å². The summed E-state index contributed by atoms with van der Waals surface area (Å²) in [4.78, 5) is 0.363. The van der Waals surface area contributed by atoms with Gasteiger partial charge in [0.2, 0.25) is 10.0 Å². The quantitative estimate of drug-likeness (QED) is 0.855. The molecule has 2 unspecified atom stereocenters. The summed E-state index contributed by atoms with van der Waals surface area (Å²) in [6, 6.07) is 5.50. The molecule has 4 nitrogen and oxygen atoms in total. The smallest absolute Gasteiger partial charge is 0.244 e. The second-order valence-corrected chi connectivity index (χ2v) is 10.0. The normalized spacial score (nSPS) is 24.2. The van der Waals surface area contributed by atoms with Crippen molar-refractivity contribution in [1.29, 1.82) is 0 Å². The molecule has 0 aliphatic carbocycles. The Morgan fingerprint density at radius 3 is 2.52 bits per heavy atom. The van der Waals surface area contributed by atoms with Gasteiger partial charge >= 0.3 is 0 Å². The number of sulfonamides is 1. The maximum atomic E-state index is 12.9. The lowest BCUT2D eigenvalue weighted by molar-refractivity contribution is 0.404. The zero-order chi connectivity index (χ0) is 15.6. The van der Waals surface area contributed by atoms with E-state index in [1.54, 1.807) is 10.4 Å². The van der Waals surface area contributed by atoms with Crippen LogP contribution in [0.25, 0.3) is 0 Å². The van der Waals surface area contributed by atoms with Gasteiger partial charge in [-0.15, -0.1) is 0 Å². The average molecular weight is 393 g/mol. The monoisotopic (exact) mass is 392 g/mol. The molecule has 2 rings (SSSR count). The molecule has 118 valence electrons. The van der Waals surface area contributed by atoms with Crippen molar-refractivity contribution in [2.75, 3.05) is 20.1 Å². The highest BCUT2D eigenvalue weighted by molar-refractivity contribution is 9.10. The highest BCUT2D eigenvalue weighted by Gasteiger charge is 2.33. The summed E-state index contributed by atoms with van der Waals surface area (Å²) in [5, 5.41) is 3.69. The standard InChI is InChI=1S/C14H21BrN2O2S2/c1-10-8-17(9-11(2)20-10)21(18,19)14-6-12(7-16-3)4-5-13(14)15/h4-6,10-11,16H,7-9H2,1-3H3. The van der Waals surface area contributed by atoms with Crippen molar-refractivity contribution < 1.29 is 8.42 Å².